The van der Waals surface area contributed by atoms with Crippen molar-refractivity contribution in [3.8, 4) is 12.8 Å². The molecule has 0 spiro atoms. The molecule has 1 amide bonds. The Bertz CT molecular complexity index is 528. The topological polar surface area (TPSA) is 58.4 Å². The summed E-state index contributed by atoms with van der Waals surface area (Å²) in [7, 11) is 1.50. The molecule has 0 bridgehead atoms. The third-order valence-electron chi connectivity index (χ3n) is 4.91. The predicted molar refractivity (Wildman–Crippen MR) is 135 cm³/mol. The van der Waals surface area contributed by atoms with Crippen LogP contribution in [-0.2, 0) is 4.79 Å². The number of carbonyl (C=O) groups excluding carboxylic acids is 1. The number of nitrogens with two attached hydrogens (primary N) is 1. The first-order valence-corrected chi connectivity index (χ1v) is 11.1. The van der Waals surface area contributed by atoms with Crippen molar-refractivity contribution in [2.45, 2.75) is 86.2 Å². The molecule has 0 aliphatic carbocycles. The van der Waals surface area contributed by atoms with E-state index in [9.17, 15) is 4.79 Å². The first-order valence-electron chi connectivity index (χ1n) is 11.1. The standard InChI is InChI=1S/C21H36N2O.C2H6.C2H2.CH5N/c1-9-15(3)17(5)18(10-2)22-20(24)19-12-11-13-23(19)16(4)14-21(6,7)8;3*1-2/h9,17-19H,1,3-4,10-14H2,2,5-8H3,(H,22,24);1-2H3;1-2H;2H2,1H3/t17-,18?,19-;;;/m0.../s1. The summed E-state index contributed by atoms with van der Waals surface area (Å²) in [6.45, 7) is 27.8. The van der Waals surface area contributed by atoms with Crippen LogP contribution in [-0.4, -0.2) is 36.5 Å². The summed E-state index contributed by atoms with van der Waals surface area (Å²) in [5.41, 5.74) is 6.74. The summed E-state index contributed by atoms with van der Waals surface area (Å²) in [5.74, 6) is 0.321. The molecule has 1 aliphatic rings. The van der Waals surface area contributed by atoms with E-state index in [0.29, 0.717) is 0 Å². The van der Waals surface area contributed by atoms with Crippen LogP contribution in [0.5, 0.6) is 0 Å². The lowest BCUT2D eigenvalue weighted by atomic mass is 9.90. The van der Waals surface area contributed by atoms with Crippen molar-refractivity contribution >= 4 is 5.91 Å². The number of rotatable bonds is 8. The molecule has 1 aliphatic heterocycles. The largest absolute Gasteiger partial charge is 0.363 e. The van der Waals surface area contributed by atoms with Crippen molar-refractivity contribution < 1.29 is 4.79 Å². The van der Waals surface area contributed by atoms with Gasteiger partial charge in [-0.1, -0.05) is 79.9 Å². The number of nitrogens with one attached hydrogen (secondary N) is 1. The SMILES string of the molecule is C#C.C=CC(=C)[C@H](C)C(CC)NC(=O)[C@@H]1CCCN1C(=C)CC(C)(C)C.CC.CN. The van der Waals surface area contributed by atoms with Crippen LogP contribution in [0.2, 0.25) is 0 Å². The summed E-state index contributed by atoms with van der Waals surface area (Å²) >= 11 is 0. The molecular weight excluding hydrogens is 370 g/mol. The molecule has 4 nitrogen and oxygen atoms in total. The van der Waals surface area contributed by atoms with Crippen LogP contribution in [0.1, 0.15) is 74.1 Å². The lowest BCUT2D eigenvalue weighted by Gasteiger charge is -2.33. The Labute approximate surface area is 188 Å². The fourth-order valence-electron chi connectivity index (χ4n) is 3.44. The maximum Gasteiger partial charge on any atom is 0.242 e. The number of terminal acetylenes is 1. The number of amides is 1. The normalized spacial score (nSPS) is 16.8. The van der Waals surface area contributed by atoms with Gasteiger partial charge in [0, 0.05) is 24.2 Å². The summed E-state index contributed by atoms with van der Waals surface area (Å²) in [6.07, 6.45) is 13.5. The Morgan fingerprint density at radius 3 is 2.17 bits per heavy atom. The van der Waals surface area contributed by atoms with Crippen molar-refractivity contribution in [2.75, 3.05) is 13.6 Å². The van der Waals surface area contributed by atoms with Gasteiger partial charge >= 0.3 is 0 Å². The number of hydrogen-bond donors (Lipinski definition) is 2. The number of nitrogens with zero attached hydrogens (tertiary/aromatic N) is 1. The van der Waals surface area contributed by atoms with Gasteiger partial charge in [-0.3, -0.25) is 4.79 Å². The second-order valence-corrected chi connectivity index (χ2v) is 8.25. The van der Waals surface area contributed by atoms with E-state index in [1.54, 1.807) is 6.08 Å². The molecule has 3 N–H and O–H groups in total. The Balaban J connectivity index is -0.00000111. The molecule has 3 atom stereocenters. The van der Waals surface area contributed by atoms with Gasteiger partial charge in [-0.05, 0) is 38.1 Å². The maximum atomic E-state index is 12.9. The second kappa shape index (κ2) is 17.8. The smallest absolute Gasteiger partial charge is 0.242 e. The molecule has 4 heteroatoms. The number of hydrogen-bond acceptors (Lipinski definition) is 3. The van der Waals surface area contributed by atoms with Crippen molar-refractivity contribution in [2.24, 2.45) is 17.1 Å². The maximum absolute atomic E-state index is 12.9. The highest BCUT2D eigenvalue weighted by atomic mass is 16.2. The van der Waals surface area contributed by atoms with Crippen LogP contribution in [0.25, 0.3) is 0 Å². The van der Waals surface area contributed by atoms with Crippen LogP contribution in [0.4, 0.5) is 0 Å². The Morgan fingerprint density at radius 2 is 1.77 bits per heavy atom. The molecule has 1 unspecified atom stereocenters. The minimum atomic E-state index is -0.0851. The number of allylic oxidation sites excluding steroid dienone is 2. The Morgan fingerprint density at radius 1 is 1.27 bits per heavy atom. The highest BCUT2D eigenvalue weighted by Gasteiger charge is 2.34. The van der Waals surface area contributed by atoms with E-state index in [1.807, 2.05) is 13.8 Å². The zero-order valence-electron chi connectivity index (χ0n) is 21.1. The summed E-state index contributed by atoms with van der Waals surface area (Å²) in [4.78, 5) is 15.1. The van der Waals surface area contributed by atoms with Gasteiger partial charge in [0.2, 0.25) is 5.91 Å². The van der Waals surface area contributed by atoms with Crippen LogP contribution in [0.15, 0.2) is 37.1 Å². The monoisotopic (exact) mass is 419 g/mol. The molecule has 0 aromatic heterocycles. The number of likely N-dealkylation sites (tertiary alicyclic amines) is 1. The van der Waals surface area contributed by atoms with Crippen LogP contribution in [0.3, 0.4) is 0 Å². The zero-order chi connectivity index (χ0) is 24.5. The molecule has 1 heterocycles. The van der Waals surface area contributed by atoms with Crippen LogP contribution in [0, 0.1) is 24.2 Å². The van der Waals surface area contributed by atoms with Crippen molar-refractivity contribution in [3.63, 3.8) is 0 Å². The zero-order valence-corrected chi connectivity index (χ0v) is 21.1. The van der Waals surface area contributed by atoms with Crippen molar-refractivity contribution in [1.82, 2.24) is 10.2 Å². The Hall–Kier alpha value is -1.99. The molecule has 1 fully saturated rings. The van der Waals surface area contributed by atoms with Gasteiger partial charge in [0.05, 0.1) is 0 Å². The lowest BCUT2D eigenvalue weighted by Crippen LogP contribution is -2.48. The van der Waals surface area contributed by atoms with Crippen LogP contribution >= 0.6 is 0 Å². The van der Waals surface area contributed by atoms with Gasteiger partial charge in [0.15, 0.2) is 0 Å². The summed E-state index contributed by atoms with van der Waals surface area (Å²) in [5, 5.41) is 3.24. The van der Waals surface area contributed by atoms with Gasteiger partial charge in [-0.15, -0.1) is 12.8 Å². The molecule has 1 saturated heterocycles. The van der Waals surface area contributed by atoms with Gasteiger partial charge < -0.3 is 16.0 Å². The molecule has 174 valence electrons. The van der Waals surface area contributed by atoms with E-state index in [4.69, 9.17) is 0 Å². The molecule has 1 rings (SSSR count). The van der Waals surface area contributed by atoms with Crippen molar-refractivity contribution in [3.05, 3.63) is 37.1 Å². The first kappa shape index (κ1) is 32.7. The van der Waals surface area contributed by atoms with Gasteiger partial charge in [0.1, 0.15) is 6.04 Å². The van der Waals surface area contributed by atoms with Gasteiger partial charge in [-0.2, -0.15) is 0 Å². The average molecular weight is 420 g/mol. The molecule has 30 heavy (non-hydrogen) atoms. The van der Waals surface area contributed by atoms with Crippen molar-refractivity contribution in [1.29, 1.82) is 0 Å². The second-order valence-electron chi connectivity index (χ2n) is 8.25. The average Bonchev–Trinajstić information content (AvgIpc) is 3.24. The van der Waals surface area contributed by atoms with E-state index in [2.05, 4.69) is 83.2 Å². The number of carbonyl (C=O) groups is 1. The van der Waals surface area contributed by atoms with E-state index in [-0.39, 0.29) is 29.3 Å². The van der Waals surface area contributed by atoms with E-state index < -0.39 is 0 Å². The summed E-state index contributed by atoms with van der Waals surface area (Å²) < 4.78 is 0. The Kier molecular flexibility index (Phi) is 19.4. The highest BCUT2D eigenvalue weighted by Crippen LogP contribution is 2.30. The molecule has 0 aromatic carbocycles. The van der Waals surface area contributed by atoms with E-state index >= 15 is 0 Å². The highest BCUT2D eigenvalue weighted by molar-refractivity contribution is 5.82. The first-order chi connectivity index (χ1) is 14.1. The predicted octanol–water partition coefficient (Wildman–Crippen LogP) is 5.52. The van der Waals surface area contributed by atoms with E-state index in [0.717, 1.165) is 43.5 Å². The van der Waals surface area contributed by atoms with Crippen LogP contribution < -0.4 is 11.1 Å². The third kappa shape index (κ3) is 11.9. The third-order valence-corrected chi connectivity index (χ3v) is 4.91. The summed E-state index contributed by atoms with van der Waals surface area (Å²) in [6, 6.07) is 0.0134. The lowest BCUT2D eigenvalue weighted by molar-refractivity contribution is -0.126. The molecule has 0 saturated carbocycles. The minimum Gasteiger partial charge on any atom is -0.363 e. The van der Waals surface area contributed by atoms with E-state index in [1.165, 1.54) is 7.05 Å². The molecule has 0 aromatic rings. The fraction of sp³-hybridized carbons (Fsp3) is 0.654. The minimum absolute atomic E-state index is 0.0851. The molecular formula is C26H49N3O. The van der Waals surface area contributed by atoms with Gasteiger partial charge in [-0.25, -0.2) is 0 Å². The fourth-order valence-corrected chi connectivity index (χ4v) is 3.44. The molecule has 0 radical (unpaired) electrons. The quantitative estimate of drug-likeness (QED) is 0.402. The van der Waals surface area contributed by atoms with Gasteiger partial charge in [0.25, 0.3) is 0 Å².